The van der Waals surface area contributed by atoms with E-state index in [1.54, 1.807) is 23.1 Å². The van der Waals surface area contributed by atoms with Gasteiger partial charge in [-0.25, -0.2) is 9.97 Å². The number of aromatic nitrogens is 6. The summed E-state index contributed by atoms with van der Waals surface area (Å²) in [5, 5.41) is 14.3. The van der Waals surface area contributed by atoms with Gasteiger partial charge in [0.05, 0.1) is 0 Å². The molecule has 0 bridgehead atoms. The van der Waals surface area contributed by atoms with Crippen molar-refractivity contribution in [1.82, 2.24) is 29.7 Å². The quantitative estimate of drug-likeness (QED) is 0.392. The Labute approximate surface area is 177 Å². The summed E-state index contributed by atoms with van der Waals surface area (Å²) in [6.45, 7) is 2.09. The van der Waals surface area contributed by atoms with E-state index in [4.69, 9.17) is 4.98 Å². The molecule has 5 rings (SSSR count). The lowest BCUT2D eigenvalue weighted by Gasteiger charge is -2.25. The van der Waals surface area contributed by atoms with Gasteiger partial charge in [-0.2, -0.15) is 0 Å². The Kier molecular flexibility index (Phi) is 5.28. The molecule has 29 heavy (non-hydrogen) atoms. The second-order valence-corrected chi connectivity index (χ2v) is 9.09. The predicted octanol–water partition coefficient (Wildman–Crippen LogP) is 5.56. The fraction of sp³-hybridized carbons (Fsp3) is 0.381. The number of nitrogens with zero attached hydrogens (tertiary/aromatic N) is 6. The number of thiophene rings is 1. The molecule has 4 heterocycles. The van der Waals surface area contributed by atoms with Crippen LogP contribution >= 0.6 is 23.1 Å². The third kappa shape index (κ3) is 3.67. The Bertz CT molecular complexity index is 1110. The monoisotopic (exact) mass is 422 g/mol. The molecule has 0 amide bonds. The summed E-state index contributed by atoms with van der Waals surface area (Å²) >= 11 is 3.28. The van der Waals surface area contributed by atoms with Gasteiger partial charge in [-0.15, -0.1) is 21.5 Å². The predicted molar refractivity (Wildman–Crippen MR) is 116 cm³/mol. The molecule has 1 saturated carbocycles. The van der Waals surface area contributed by atoms with E-state index in [0.29, 0.717) is 6.04 Å². The molecule has 0 atom stereocenters. The van der Waals surface area contributed by atoms with Crippen LogP contribution in [0.1, 0.15) is 50.9 Å². The van der Waals surface area contributed by atoms with Gasteiger partial charge < -0.3 is 0 Å². The topological polar surface area (TPSA) is 69.4 Å². The maximum Gasteiger partial charge on any atom is 0.198 e. The normalized spacial score (nSPS) is 15.2. The highest BCUT2D eigenvalue weighted by Gasteiger charge is 2.25. The Morgan fingerprint density at radius 3 is 2.69 bits per heavy atom. The van der Waals surface area contributed by atoms with Crippen LogP contribution in [0.2, 0.25) is 0 Å². The van der Waals surface area contributed by atoms with Gasteiger partial charge in [-0.05, 0) is 48.2 Å². The molecule has 4 aromatic rings. The molecule has 148 valence electrons. The number of hydrogen-bond acceptors (Lipinski definition) is 7. The summed E-state index contributed by atoms with van der Waals surface area (Å²) < 4.78 is 2.34. The van der Waals surface area contributed by atoms with Crippen molar-refractivity contribution in [2.45, 2.75) is 61.7 Å². The third-order valence-electron chi connectivity index (χ3n) is 5.38. The van der Waals surface area contributed by atoms with E-state index in [9.17, 15) is 0 Å². The zero-order valence-electron chi connectivity index (χ0n) is 16.3. The van der Waals surface area contributed by atoms with E-state index >= 15 is 0 Å². The molecule has 0 aromatic carbocycles. The maximum absolute atomic E-state index is 4.82. The van der Waals surface area contributed by atoms with Gasteiger partial charge in [-0.3, -0.25) is 9.55 Å². The van der Waals surface area contributed by atoms with E-state index in [0.717, 1.165) is 44.0 Å². The standard InChI is InChI=1S/C21H22N6S2/c1-2-17-23-19-16(10-13-28-19)20(24-17)29-21-26-25-18(14-8-11-22-12-9-14)27(21)15-6-4-3-5-7-15/h8-13,15H,2-7H2,1H3. The molecule has 0 aliphatic heterocycles. The molecule has 0 N–H and O–H groups in total. The summed E-state index contributed by atoms with van der Waals surface area (Å²) in [5.74, 6) is 1.80. The van der Waals surface area contributed by atoms with E-state index in [1.807, 2.05) is 24.5 Å². The van der Waals surface area contributed by atoms with Crippen molar-refractivity contribution in [1.29, 1.82) is 0 Å². The van der Waals surface area contributed by atoms with Crippen LogP contribution in [-0.4, -0.2) is 29.7 Å². The van der Waals surface area contributed by atoms with Crippen molar-refractivity contribution in [3.63, 3.8) is 0 Å². The van der Waals surface area contributed by atoms with E-state index < -0.39 is 0 Å². The van der Waals surface area contributed by atoms with Gasteiger partial charge in [0.25, 0.3) is 0 Å². The second-order valence-electron chi connectivity index (χ2n) is 7.24. The first kappa shape index (κ1) is 18.7. The molecule has 8 heteroatoms. The van der Waals surface area contributed by atoms with Gasteiger partial charge in [-0.1, -0.05) is 26.2 Å². The molecule has 1 aliphatic carbocycles. The van der Waals surface area contributed by atoms with E-state index in [2.05, 4.69) is 43.1 Å². The minimum absolute atomic E-state index is 0.426. The van der Waals surface area contributed by atoms with Crippen LogP contribution in [0, 0.1) is 0 Å². The van der Waals surface area contributed by atoms with Gasteiger partial charge in [0.2, 0.25) is 0 Å². The van der Waals surface area contributed by atoms with Crippen molar-refractivity contribution in [2.75, 3.05) is 0 Å². The molecule has 0 radical (unpaired) electrons. The summed E-state index contributed by atoms with van der Waals surface area (Å²) in [6, 6.07) is 6.55. The fourth-order valence-electron chi connectivity index (χ4n) is 3.91. The first-order valence-electron chi connectivity index (χ1n) is 10.1. The maximum atomic E-state index is 4.82. The molecular weight excluding hydrogens is 400 g/mol. The van der Waals surface area contributed by atoms with Crippen molar-refractivity contribution in [3.05, 3.63) is 41.8 Å². The van der Waals surface area contributed by atoms with Gasteiger partial charge >= 0.3 is 0 Å². The van der Waals surface area contributed by atoms with Crippen molar-refractivity contribution in [2.24, 2.45) is 0 Å². The first-order valence-corrected chi connectivity index (χ1v) is 11.8. The highest BCUT2D eigenvalue weighted by molar-refractivity contribution is 7.99. The SMILES string of the molecule is CCc1nc(Sc2nnc(-c3ccncc3)n2C2CCCCC2)c2ccsc2n1. The average Bonchev–Trinajstić information content (AvgIpc) is 3.42. The van der Waals surface area contributed by atoms with E-state index in [1.165, 1.54) is 32.1 Å². The summed E-state index contributed by atoms with van der Waals surface area (Å²) in [7, 11) is 0. The lowest BCUT2D eigenvalue weighted by atomic mass is 9.95. The molecule has 0 spiro atoms. The second kappa shape index (κ2) is 8.20. The summed E-state index contributed by atoms with van der Waals surface area (Å²) in [4.78, 5) is 14.7. The molecule has 1 aliphatic rings. The largest absolute Gasteiger partial charge is 0.299 e. The van der Waals surface area contributed by atoms with Gasteiger partial charge in [0, 0.05) is 35.8 Å². The van der Waals surface area contributed by atoms with Crippen molar-refractivity contribution >= 4 is 33.3 Å². The summed E-state index contributed by atoms with van der Waals surface area (Å²) in [6.07, 6.45) is 10.6. The van der Waals surface area contributed by atoms with Crippen LogP contribution in [0.5, 0.6) is 0 Å². The fourth-order valence-corrected chi connectivity index (χ4v) is 5.77. The average molecular weight is 423 g/mol. The van der Waals surface area contributed by atoms with Crippen LogP contribution in [0.25, 0.3) is 21.6 Å². The Balaban J connectivity index is 1.60. The van der Waals surface area contributed by atoms with Crippen LogP contribution in [-0.2, 0) is 6.42 Å². The molecule has 6 nitrogen and oxygen atoms in total. The zero-order valence-corrected chi connectivity index (χ0v) is 17.9. The summed E-state index contributed by atoms with van der Waals surface area (Å²) in [5.41, 5.74) is 1.06. The molecule has 1 fully saturated rings. The Morgan fingerprint density at radius 2 is 1.90 bits per heavy atom. The lowest BCUT2D eigenvalue weighted by Crippen LogP contribution is -2.15. The van der Waals surface area contributed by atoms with Crippen molar-refractivity contribution < 1.29 is 0 Å². The Hall–Kier alpha value is -2.32. The number of hydrogen-bond donors (Lipinski definition) is 0. The first-order chi connectivity index (χ1) is 14.3. The smallest absolute Gasteiger partial charge is 0.198 e. The van der Waals surface area contributed by atoms with Crippen LogP contribution in [0.3, 0.4) is 0 Å². The minimum atomic E-state index is 0.426. The van der Waals surface area contributed by atoms with Gasteiger partial charge in [0.1, 0.15) is 15.7 Å². The molecule has 0 unspecified atom stereocenters. The Morgan fingerprint density at radius 1 is 1.07 bits per heavy atom. The molecule has 0 saturated heterocycles. The third-order valence-corrected chi connectivity index (χ3v) is 7.16. The highest BCUT2D eigenvalue weighted by Crippen LogP contribution is 2.39. The zero-order chi connectivity index (χ0) is 19.6. The molecule has 4 aromatic heterocycles. The number of rotatable bonds is 5. The van der Waals surface area contributed by atoms with Crippen molar-refractivity contribution in [3.8, 4) is 11.4 Å². The highest BCUT2D eigenvalue weighted by atomic mass is 32.2. The van der Waals surface area contributed by atoms with E-state index in [-0.39, 0.29) is 0 Å². The van der Waals surface area contributed by atoms with Crippen LogP contribution in [0.4, 0.5) is 0 Å². The van der Waals surface area contributed by atoms with Crippen LogP contribution in [0.15, 0.2) is 46.2 Å². The minimum Gasteiger partial charge on any atom is -0.299 e. The lowest BCUT2D eigenvalue weighted by molar-refractivity contribution is 0.339. The van der Waals surface area contributed by atoms with Gasteiger partial charge in [0.15, 0.2) is 11.0 Å². The molecular formula is C21H22N6S2. The number of pyridine rings is 1. The number of aryl methyl sites for hydroxylation is 1. The number of fused-ring (bicyclic) bond motifs is 1. The van der Waals surface area contributed by atoms with Crippen LogP contribution < -0.4 is 0 Å².